The molecule has 0 unspecified atom stereocenters. The molecule has 1 amide bonds. The van der Waals surface area contributed by atoms with Gasteiger partial charge in [-0.1, -0.05) is 0 Å². The maximum absolute atomic E-state index is 11.3. The van der Waals surface area contributed by atoms with Gasteiger partial charge in [-0.15, -0.1) is 11.3 Å². The first-order valence-electron chi connectivity index (χ1n) is 5.50. The highest BCUT2D eigenvalue weighted by Crippen LogP contribution is 2.32. The molecule has 17 heavy (non-hydrogen) atoms. The van der Waals surface area contributed by atoms with Crippen molar-refractivity contribution in [2.24, 2.45) is 0 Å². The van der Waals surface area contributed by atoms with Gasteiger partial charge in [0.05, 0.1) is 12.1 Å². The third kappa shape index (κ3) is 1.74. The number of carbonyl (C=O) groups is 1. The van der Waals surface area contributed by atoms with Crippen molar-refractivity contribution >= 4 is 22.9 Å². The van der Waals surface area contributed by atoms with Crippen molar-refractivity contribution in [2.45, 2.75) is 20.3 Å². The summed E-state index contributed by atoms with van der Waals surface area (Å²) < 4.78 is 0. The molecule has 0 atom stereocenters. The number of benzene rings is 1. The van der Waals surface area contributed by atoms with Gasteiger partial charge >= 0.3 is 0 Å². The van der Waals surface area contributed by atoms with Gasteiger partial charge in [-0.25, -0.2) is 4.98 Å². The van der Waals surface area contributed by atoms with Crippen LogP contribution in [0, 0.1) is 13.8 Å². The zero-order valence-electron chi connectivity index (χ0n) is 9.70. The second kappa shape index (κ2) is 3.67. The standard InChI is InChI=1S/C13H12N2OS/c1-7-8(2)17-13(14-7)9-3-4-11-10(5-9)6-12(16)15-11/h3-5H,6H2,1-2H3,(H,15,16). The highest BCUT2D eigenvalue weighted by molar-refractivity contribution is 7.15. The van der Waals surface area contributed by atoms with E-state index < -0.39 is 0 Å². The molecule has 0 spiro atoms. The largest absolute Gasteiger partial charge is 0.326 e. The van der Waals surface area contributed by atoms with Gasteiger partial charge in [-0.05, 0) is 37.6 Å². The fraction of sp³-hybridized carbons (Fsp3) is 0.231. The van der Waals surface area contributed by atoms with Crippen LogP contribution in [0.3, 0.4) is 0 Å². The van der Waals surface area contributed by atoms with E-state index in [0.29, 0.717) is 6.42 Å². The Kier molecular flexibility index (Phi) is 2.26. The van der Waals surface area contributed by atoms with Crippen LogP contribution in [0.15, 0.2) is 18.2 Å². The fourth-order valence-electron chi connectivity index (χ4n) is 1.96. The molecule has 1 aliphatic heterocycles. The Balaban J connectivity index is 2.05. The molecule has 3 rings (SSSR count). The smallest absolute Gasteiger partial charge is 0.228 e. The van der Waals surface area contributed by atoms with Crippen molar-refractivity contribution in [2.75, 3.05) is 5.32 Å². The summed E-state index contributed by atoms with van der Waals surface area (Å²) in [7, 11) is 0. The van der Waals surface area contributed by atoms with Crippen LogP contribution in [-0.4, -0.2) is 10.9 Å². The summed E-state index contributed by atoms with van der Waals surface area (Å²) in [6.07, 6.45) is 0.479. The van der Waals surface area contributed by atoms with Gasteiger partial charge in [-0.3, -0.25) is 4.79 Å². The minimum atomic E-state index is 0.0728. The first kappa shape index (κ1) is 10.5. The number of aryl methyl sites for hydroxylation is 2. The summed E-state index contributed by atoms with van der Waals surface area (Å²) in [5.41, 5.74) is 4.18. The van der Waals surface area contributed by atoms with Crippen molar-refractivity contribution in [3.05, 3.63) is 34.3 Å². The summed E-state index contributed by atoms with van der Waals surface area (Å²) in [5.74, 6) is 0.0728. The van der Waals surface area contributed by atoms with E-state index in [1.807, 2.05) is 19.1 Å². The van der Waals surface area contributed by atoms with Crippen molar-refractivity contribution in [1.82, 2.24) is 4.98 Å². The first-order valence-corrected chi connectivity index (χ1v) is 6.32. The number of nitrogens with zero attached hydrogens (tertiary/aromatic N) is 1. The molecule has 0 saturated heterocycles. The Bertz CT molecular complexity index is 596. The molecule has 1 aromatic heterocycles. The Morgan fingerprint density at radius 1 is 1.35 bits per heavy atom. The minimum Gasteiger partial charge on any atom is -0.326 e. The van der Waals surface area contributed by atoms with Crippen LogP contribution in [0.4, 0.5) is 5.69 Å². The molecular weight excluding hydrogens is 232 g/mol. The molecule has 0 saturated carbocycles. The molecule has 3 nitrogen and oxygen atoms in total. The maximum atomic E-state index is 11.3. The SMILES string of the molecule is Cc1nc(-c2ccc3c(c2)CC(=O)N3)sc1C. The van der Waals surface area contributed by atoms with Crippen LogP contribution in [0.1, 0.15) is 16.1 Å². The average molecular weight is 244 g/mol. The van der Waals surface area contributed by atoms with E-state index >= 15 is 0 Å². The molecular formula is C13H12N2OS. The Morgan fingerprint density at radius 3 is 2.88 bits per heavy atom. The molecule has 0 radical (unpaired) electrons. The number of carbonyl (C=O) groups excluding carboxylic acids is 1. The molecule has 2 heterocycles. The topological polar surface area (TPSA) is 42.0 Å². The Hall–Kier alpha value is -1.68. The van der Waals surface area contributed by atoms with Gasteiger partial charge in [0.15, 0.2) is 0 Å². The lowest BCUT2D eigenvalue weighted by atomic mass is 10.1. The third-order valence-electron chi connectivity index (χ3n) is 3.01. The molecule has 2 aromatic rings. The van der Waals surface area contributed by atoms with Crippen LogP contribution in [0.5, 0.6) is 0 Å². The van der Waals surface area contributed by atoms with E-state index in [-0.39, 0.29) is 5.91 Å². The number of fused-ring (bicyclic) bond motifs is 1. The van der Waals surface area contributed by atoms with Gasteiger partial charge < -0.3 is 5.32 Å². The van der Waals surface area contributed by atoms with Crippen molar-refractivity contribution in [3.8, 4) is 10.6 Å². The van der Waals surface area contributed by atoms with E-state index in [2.05, 4.69) is 23.3 Å². The summed E-state index contributed by atoms with van der Waals surface area (Å²) in [6.45, 7) is 4.10. The lowest BCUT2D eigenvalue weighted by molar-refractivity contribution is -0.115. The van der Waals surface area contributed by atoms with Crippen molar-refractivity contribution < 1.29 is 4.79 Å². The molecule has 1 aromatic carbocycles. The average Bonchev–Trinajstić information content (AvgIpc) is 2.80. The molecule has 1 N–H and O–H groups in total. The van der Waals surface area contributed by atoms with Crippen LogP contribution >= 0.6 is 11.3 Å². The van der Waals surface area contributed by atoms with Crippen LogP contribution < -0.4 is 5.32 Å². The van der Waals surface area contributed by atoms with Gasteiger partial charge in [0.2, 0.25) is 5.91 Å². The second-order valence-corrected chi connectivity index (χ2v) is 5.46. The highest BCUT2D eigenvalue weighted by atomic mass is 32.1. The highest BCUT2D eigenvalue weighted by Gasteiger charge is 2.18. The summed E-state index contributed by atoms with van der Waals surface area (Å²) in [4.78, 5) is 17.1. The first-order chi connectivity index (χ1) is 8.13. The number of anilines is 1. The van der Waals surface area contributed by atoms with E-state index in [9.17, 15) is 4.79 Å². The number of thiazole rings is 1. The predicted octanol–water partition coefficient (Wildman–Crippen LogP) is 2.92. The molecule has 0 aliphatic carbocycles. The van der Waals surface area contributed by atoms with Crippen molar-refractivity contribution in [3.63, 3.8) is 0 Å². The normalized spacial score (nSPS) is 13.6. The predicted molar refractivity (Wildman–Crippen MR) is 69.4 cm³/mol. The van der Waals surface area contributed by atoms with Crippen molar-refractivity contribution in [1.29, 1.82) is 0 Å². The molecule has 0 bridgehead atoms. The Labute approximate surface area is 104 Å². The summed E-state index contributed by atoms with van der Waals surface area (Å²) >= 11 is 1.70. The lowest BCUT2D eigenvalue weighted by Crippen LogP contribution is -2.03. The molecule has 1 aliphatic rings. The monoisotopic (exact) mass is 244 g/mol. The van der Waals surface area contributed by atoms with E-state index in [0.717, 1.165) is 27.5 Å². The number of amides is 1. The molecule has 86 valence electrons. The zero-order valence-corrected chi connectivity index (χ0v) is 10.5. The van der Waals surface area contributed by atoms with Gasteiger partial charge in [0.25, 0.3) is 0 Å². The van der Waals surface area contributed by atoms with Crippen LogP contribution in [0.2, 0.25) is 0 Å². The van der Waals surface area contributed by atoms with Gasteiger partial charge in [0.1, 0.15) is 5.01 Å². The number of rotatable bonds is 1. The summed E-state index contributed by atoms with van der Waals surface area (Å²) in [6, 6.07) is 6.04. The number of hydrogen-bond acceptors (Lipinski definition) is 3. The molecule has 0 fully saturated rings. The summed E-state index contributed by atoms with van der Waals surface area (Å²) in [5, 5.41) is 3.87. The third-order valence-corrected chi connectivity index (χ3v) is 4.13. The zero-order chi connectivity index (χ0) is 12.0. The molecule has 4 heteroatoms. The van der Waals surface area contributed by atoms with E-state index in [4.69, 9.17) is 0 Å². The number of hydrogen-bond donors (Lipinski definition) is 1. The lowest BCUT2D eigenvalue weighted by Gasteiger charge is -2.00. The number of aromatic nitrogens is 1. The second-order valence-electron chi connectivity index (χ2n) is 4.26. The maximum Gasteiger partial charge on any atom is 0.228 e. The Morgan fingerprint density at radius 2 is 2.18 bits per heavy atom. The fourth-order valence-corrected chi connectivity index (χ4v) is 2.87. The van der Waals surface area contributed by atoms with E-state index in [1.54, 1.807) is 11.3 Å². The quantitative estimate of drug-likeness (QED) is 0.838. The number of nitrogens with one attached hydrogen (secondary N) is 1. The van der Waals surface area contributed by atoms with Crippen LogP contribution in [-0.2, 0) is 11.2 Å². The van der Waals surface area contributed by atoms with Gasteiger partial charge in [-0.2, -0.15) is 0 Å². The van der Waals surface area contributed by atoms with E-state index in [1.165, 1.54) is 4.88 Å². The van der Waals surface area contributed by atoms with Gasteiger partial charge in [0, 0.05) is 16.1 Å². The van der Waals surface area contributed by atoms with Crippen LogP contribution in [0.25, 0.3) is 10.6 Å². The minimum absolute atomic E-state index is 0.0728.